The van der Waals surface area contributed by atoms with Gasteiger partial charge < -0.3 is 25.2 Å². The fraction of sp³-hybridized carbons (Fsp3) is 0.333. The SMILES string of the molecule is CCC(=O)N1c2cc(C#N)ccc2N(Cc2c(OC)ccc3ccccc23)C(=O)C(NC(=O)C(C)NC)C1C. The van der Waals surface area contributed by atoms with E-state index >= 15 is 0 Å². The molecular weight excluding hydrogens is 494 g/mol. The highest BCUT2D eigenvalue weighted by Gasteiger charge is 2.42. The van der Waals surface area contributed by atoms with Gasteiger partial charge in [-0.25, -0.2) is 0 Å². The number of carbonyl (C=O) groups excluding carboxylic acids is 3. The van der Waals surface area contributed by atoms with Crippen molar-refractivity contribution < 1.29 is 19.1 Å². The Kier molecular flexibility index (Phi) is 8.17. The number of likely N-dealkylation sites (N-methyl/N-ethyl adjacent to an activating group) is 1. The van der Waals surface area contributed by atoms with Crippen LogP contribution in [0, 0.1) is 11.3 Å². The average Bonchev–Trinajstić information content (AvgIpc) is 3.04. The van der Waals surface area contributed by atoms with Crippen molar-refractivity contribution in [1.82, 2.24) is 10.6 Å². The van der Waals surface area contributed by atoms with Gasteiger partial charge in [-0.15, -0.1) is 0 Å². The monoisotopic (exact) mass is 527 g/mol. The summed E-state index contributed by atoms with van der Waals surface area (Å²) in [6.07, 6.45) is 0.180. The van der Waals surface area contributed by atoms with E-state index in [1.54, 1.807) is 58.0 Å². The van der Waals surface area contributed by atoms with Crippen LogP contribution in [0.25, 0.3) is 10.8 Å². The van der Waals surface area contributed by atoms with Crippen molar-refractivity contribution in [1.29, 1.82) is 5.26 Å². The van der Waals surface area contributed by atoms with Crippen LogP contribution >= 0.6 is 0 Å². The summed E-state index contributed by atoms with van der Waals surface area (Å²) in [4.78, 5) is 43.8. The molecule has 0 bridgehead atoms. The first kappa shape index (κ1) is 27.6. The van der Waals surface area contributed by atoms with Crippen LogP contribution < -0.4 is 25.2 Å². The zero-order valence-corrected chi connectivity index (χ0v) is 22.8. The number of nitrogens with one attached hydrogen (secondary N) is 2. The highest BCUT2D eigenvalue weighted by Crippen LogP contribution is 2.39. The van der Waals surface area contributed by atoms with E-state index in [1.165, 1.54) is 4.90 Å². The van der Waals surface area contributed by atoms with Crippen molar-refractivity contribution >= 4 is 39.9 Å². The number of ether oxygens (including phenoxy) is 1. The molecule has 202 valence electrons. The second kappa shape index (κ2) is 11.5. The number of nitrogens with zero attached hydrogens (tertiary/aromatic N) is 3. The van der Waals surface area contributed by atoms with E-state index in [9.17, 15) is 19.6 Å². The van der Waals surface area contributed by atoms with Crippen LogP contribution in [0.2, 0.25) is 0 Å². The molecule has 0 aliphatic carbocycles. The molecule has 2 N–H and O–H groups in total. The quantitative estimate of drug-likeness (QED) is 0.486. The largest absolute Gasteiger partial charge is 0.496 e. The minimum absolute atomic E-state index is 0.122. The molecule has 0 aromatic heterocycles. The predicted molar refractivity (Wildman–Crippen MR) is 151 cm³/mol. The first-order valence-corrected chi connectivity index (χ1v) is 13.0. The Morgan fingerprint density at radius 1 is 1.13 bits per heavy atom. The fourth-order valence-electron chi connectivity index (χ4n) is 4.99. The fourth-order valence-corrected chi connectivity index (χ4v) is 4.99. The van der Waals surface area contributed by atoms with E-state index in [0.29, 0.717) is 22.7 Å². The number of amides is 3. The summed E-state index contributed by atoms with van der Waals surface area (Å²) < 4.78 is 5.70. The molecule has 0 radical (unpaired) electrons. The number of methoxy groups -OCH3 is 1. The van der Waals surface area contributed by atoms with Crippen LogP contribution in [0.4, 0.5) is 11.4 Å². The lowest BCUT2D eigenvalue weighted by atomic mass is 10.0. The van der Waals surface area contributed by atoms with E-state index in [2.05, 4.69) is 16.7 Å². The predicted octanol–water partition coefficient (Wildman–Crippen LogP) is 3.49. The Morgan fingerprint density at radius 2 is 1.87 bits per heavy atom. The number of carbonyl (C=O) groups is 3. The Balaban J connectivity index is 1.95. The summed E-state index contributed by atoms with van der Waals surface area (Å²) in [6, 6.07) is 16.4. The number of nitriles is 1. The molecular formula is C30H33N5O4. The maximum Gasteiger partial charge on any atom is 0.252 e. The molecule has 3 unspecified atom stereocenters. The van der Waals surface area contributed by atoms with E-state index in [-0.39, 0.29) is 30.7 Å². The summed E-state index contributed by atoms with van der Waals surface area (Å²) in [6.45, 7) is 5.30. The molecule has 0 spiro atoms. The molecule has 3 aromatic rings. The van der Waals surface area contributed by atoms with Crippen LogP contribution in [0.15, 0.2) is 54.6 Å². The van der Waals surface area contributed by atoms with Gasteiger partial charge in [-0.3, -0.25) is 14.4 Å². The molecule has 3 aromatic carbocycles. The second-order valence-electron chi connectivity index (χ2n) is 9.56. The first-order chi connectivity index (χ1) is 18.7. The molecule has 3 amide bonds. The van der Waals surface area contributed by atoms with Crippen molar-refractivity contribution in [2.24, 2.45) is 0 Å². The minimum atomic E-state index is -1.04. The Labute approximate surface area is 228 Å². The zero-order valence-electron chi connectivity index (χ0n) is 22.8. The van der Waals surface area contributed by atoms with Crippen molar-refractivity contribution in [3.05, 3.63) is 65.7 Å². The van der Waals surface area contributed by atoms with Crippen molar-refractivity contribution in [2.45, 2.75) is 51.9 Å². The van der Waals surface area contributed by atoms with Crippen LogP contribution in [0.5, 0.6) is 5.75 Å². The highest BCUT2D eigenvalue weighted by molar-refractivity contribution is 6.09. The normalized spacial score (nSPS) is 17.7. The second-order valence-corrected chi connectivity index (χ2v) is 9.56. The Morgan fingerprint density at radius 3 is 2.54 bits per heavy atom. The number of hydrogen-bond acceptors (Lipinski definition) is 6. The Bertz CT molecular complexity index is 1460. The molecule has 0 fully saturated rings. The molecule has 39 heavy (non-hydrogen) atoms. The van der Waals surface area contributed by atoms with E-state index in [1.807, 2.05) is 36.4 Å². The van der Waals surface area contributed by atoms with Gasteiger partial charge >= 0.3 is 0 Å². The van der Waals surface area contributed by atoms with Crippen molar-refractivity contribution in [3.8, 4) is 11.8 Å². The topological polar surface area (TPSA) is 115 Å². The summed E-state index contributed by atoms with van der Waals surface area (Å²) in [5.41, 5.74) is 2.06. The van der Waals surface area contributed by atoms with Gasteiger partial charge in [-0.2, -0.15) is 5.26 Å². The highest BCUT2D eigenvalue weighted by atomic mass is 16.5. The molecule has 1 aliphatic heterocycles. The van der Waals surface area contributed by atoms with Gasteiger partial charge in [-0.1, -0.05) is 37.3 Å². The van der Waals surface area contributed by atoms with Crippen molar-refractivity contribution in [3.63, 3.8) is 0 Å². The lowest BCUT2D eigenvalue weighted by molar-refractivity contribution is -0.129. The third kappa shape index (κ3) is 5.16. The maximum atomic E-state index is 14.4. The number of rotatable bonds is 7. The number of hydrogen-bond donors (Lipinski definition) is 2. The Hall–Kier alpha value is -4.42. The smallest absolute Gasteiger partial charge is 0.252 e. The van der Waals surface area contributed by atoms with Gasteiger partial charge in [0, 0.05) is 12.0 Å². The molecule has 9 nitrogen and oxygen atoms in total. The van der Waals surface area contributed by atoms with Crippen LogP contribution in [-0.4, -0.2) is 50.0 Å². The molecule has 0 saturated carbocycles. The minimum Gasteiger partial charge on any atom is -0.496 e. The third-order valence-electron chi connectivity index (χ3n) is 7.31. The van der Waals surface area contributed by atoms with Crippen LogP contribution in [0.1, 0.15) is 38.3 Å². The first-order valence-electron chi connectivity index (χ1n) is 13.0. The molecule has 1 heterocycles. The van der Waals surface area contributed by atoms with Gasteiger partial charge in [0.2, 0.25) is 11.8 Å². The van der Waals surface area contributed by atoms with Crippen molar-refractivity contribution in [2.75, 3.05) is 24.0 Å². The van der Waals surface area contributed by atoms with Gasteiger partial charge in [0.05, 0.1) is 48.7 Å². The summed E-state index contributed by atoms with van der Waals surface area (Å²) in [5.74, 6) is -0.346. The zero-order chi connectivity index (χ0) is 28.3. The number of fused-ring (bicyclic) bond motifs is 2. The lowest BCUT2D eigenvalue weighted by Crippen LogP contribution is -2.59. The summed E-state index contributed by atoms with van der Waals surface area (Å²) in [7, 11) is 3.24. The van der Waals surface area contributed by atoms with Gasteiger partial charge in [0.1, 0.15) is 11.8 Å². The van der Waals surface area contributed by atoms with Crippen LogP contribution in [-0.2, 0) is 20.9 Å². The number of anilines is 2. The molecule has 3 atom stereocenters. The van der Waals surface area contributed by atoms with E-state index < -0.39 is 18.1 Å². The molecule has 1 aliphatic rings. The van der Waals surface area contributed by atoms with Gasteiger partial charge in [-0.05, 0) is 55.9 Å². The van der Waals surface area contributed by atoms with E-state index in [0.717, 1.165) is 16.3 Å². The molecule has 0 saturated heterocycles. The summed E-state index contributed by atoms with van der Waals surface area (Å²) in [5, 5.41) is 17.3. The lowest BCUT2D eigenvalue weighted by Gasteiger charge is -2.32. The van der Waals surface area contributed by atoms with Gasteiger partial charge in [0.15, 0.2) is 0 Å². The standard InChI is InChI=1S/C30H33N5O4/c1-6-27(36)35-19(3)28(33-29(37)18(2)32-4)30(38)34(24-13-11-20(16-31)15-25(24)35)17-23-22-10-8-7-9-21(22)12-14-26(23)39-5/h7-15,18-19,28,32H,6,17H2,1-5H3,(H,33,37). The average molecular weight is 528 g/mol. The molecule has 4 rings (SSSR count). The number of benzene rings is 3. The maximum absolute atomic E-state index is 14.4. The summed E-state index contributed by atoms with van der Waals surface area (Å²) >= 11 is 0. The molecule has 9 heteroatoms. The van der Waals surface area contributed by atoms with E-state index in [4.69, 9.17) is 4.74 Å². The van der Waals surface area contributed by atoms with Crippen LogP contribution in [0.3, 0.4) is 0 Å². The third-order valence-corrected chi connectivity index (χ3v) is 7.31. The van der Waals surface area contributed by atoms with Gasteiger partial charge in [0.25, 0.3) is 5.91 Å².